The minimum Gasteiger partial charge on any atom is -0.376 e. The van der Waals surface area contributed by atoms with Gasteiger partial charge >= 0.3 is 0 Å². The van der Waals surface area contributed by atoms with Crippen LogP contribution in [0.5, 0.6) is 0 Å². The molecule has 1 saturated heterocycles. The van der Waals surface area contributed by atoms with Crippen LogP contribution in [-0.2, 0) is 22.5 Å². The molecule has 0 bridgehead atoms. The average molecular weight is 500 g/mol. The monoisotopic (exact) mass is 499 g/mol. The Hall–Kier alpha value is -2.49. The Morgan fingerprint density at radius 1 is 1.32 bits per heavy atom. The molecule has 2 atom stereocenters. The average Bonchev–Trinajstić information content (AvgIpc) is 3.42. The molecule has 0 saturated carbocycles. The number of thioether (sulfide) groups is 1. The maximum absolute atomic E-state index is 13.6. The van der Waals surface area contributed by atoms with Gasteiger partial charge in [-0.05, 0) is 62.9 Å². The van der Waals surface area contributed by atoms with E-state index in [-0.39, 0.29) is 23.4 Å². The SMILES string of the molecule is CCc1c(C)sc2nc(SC(C)C(=O)c3ccc(NC(C)=O)cc3)n(CC3CCCO3)c(=O)c12. The first-order valence-electron chi connectivity index (χ1n) is 11.5. The summed E-state index contributed by atoms with van der Waals surface area (Å²) in [7, 11) is 0. The molecule has 1 aliphatic heterocycles. The van der Waals surface area contributed by atoms with Crippen molar-refractivity contribution in [1.82, 2.24) is 9.55 Å². The summed E-state index contributed by atoms with van der Waals surface area (Å²) in [4.78, 5) is 44.7. The van der Waals surface area contributed by atoms with E-state index in [0.29, 0.717) is 34.9 Å². The summed E-state index contributed by atoms with van der Waals surface area (Å²) in [6.07, 6.45) is 2.65. The predicted molar refractivity (Wildman–Crippen MR) is 137 cm³/mol. The predicted octanol–water partition coefficient (Wildman–Crippen LogP) is 4.83. The number of ether oxygens (including phenoxy) is 1. The normalized spacial score (nSPS) is 16.6. The smallest absolute Gasteiger partial charge is 0.263 e. The van der Waals surface area contributed by atoms with E-state index in [2.05, 4.69) is 12.2 Å². The molecular formula is C25H29N3O4S2. The number of carbonyl (C=O) groups is 2. The molecule has 34 heavy (non-hydrogen) atoms. The van der Waals surface area contributed by atoms with Crippen LogP contribution in [0.1, 0.15) is 54.4 Å². The van der Waals surface area contributed by atoms with Crippen molar-refractivity contribution in [1.29, 1.82) is 0 Å². The molecule has 180 valence electrons. The Bertz CT molecular complexity index is 1270. The zero-order valence-corrected chi connectivity index (χ0v) is 21.5. The quantitative estimate of drug-likeness (QED) is 0.271. The summed E-state index contributed by atoms with van der Waals surface area (Å²) in [5.41, 5.74) is 2.19. The number of fused-ring (bicyclic) bond motifs is 1. The van der Waals surface area contributed by atoms with E-state index in [1.54, 1.807) is 28.8 Å². The molecule has 1 fully saturated rings. The van der Waals surface area contributed by atoms with Crippen LogP contribution < -0.4 is 10.9 Å². The Kier molecular flexibility index (Phi) is 7.54. The minimum absolute atomic E-state index is 0.0200. The summed E-state index contributed by atoms with van der Waals surface area (Å²) in [6.45, 7) is 8.50. The zero-order valence-electron chi connectivity index (χ0n) is 19.8. The van der Waals surface area contributed by atoms with Crippen molar-refractivity contribution in [2.24, 2.45) is 0 Å². The molecular weight excluding hydrogens is 470 g/mol. The number of Topliss-reactive ketones (excluding diaryl/α,β-unsaturated/α-hetero) is 1. The highest BCUT2D eigenvalue weighted by atomic mass is 32.2. The lowest BCUT2D eigenvalue weighted by atomic mass is 10.1. The summed E-state index contributed by atoms with van der Waals surface area (Å²) in [5, 5.41) is 3.50. The number of benzene rings is 1. The fourth-order valence-corrected chi connectivity index (χ4v) is 6.42. The number of hydrogen-bond acceptors (Lipinski definition) is 7. The fourth-order valence-electron chi connectivity index (χ4n) is 4.27. The molecule has 0 radical (unpaired) electrons. The second-order valence-corrected chi connectivity index (χ2v) is 11.0. The molecule has 1 N–H and O–H groups in total. The van der Waals surface area contributed by atoms with Gasteiger partial charge < -0.3 is 10.1 Å². The number of thiophene rings is 1. The Morgan fingerprint density at radius 2 is 2.06 bits per heavy atom. The van der Waals surface area contributed by atoms with E-state index in [4.69, 9.17) is 9.72 Å². The third-order valence-electron chi connectivity index (χ3n) is 5.98. The highest BCUT2D eigenvalue weighted by molar-refractivity contribution is 8.00. The molecule has 7 nitrogen and oxygen atoms in total. The number of hydrogen-bond donors (Lipinski definition) is 1. The second kappa shape index (κ2) is 10.4. The highest BCUT2D eigenvalue weighted by Gasteiger charge is 2.25. The number of carbonyl (C=O) groups excluding carboxylic acids is 2. The molecule has 0 spiro atoms. The van der Waals surface area contributed by atoms with Crippen LogP contribution in [-0.4, -0.2) is 39.2 Å². The van der Waals surface area contributed by atoms with Gasteiger partial charge in [-0.3, -0.25) is 19.0 Å². The summed E-state index contributed by atoms with van der Waals surface area (Å²) >= 11 is 2.84. The highest BCUT2D eigenvalue weighted by Crippen LogP contribution is 2.32. The van der Waals surface area contributed by atoms with Gasteiger partial charge in [0.05, 0.1) is 23.3 Å². The maximum Gasteiger partial charge on any atom is 0.263 e. The number of nitrogens with zero attached hydrogens (tertiary/aromatic N) is 2. The molecule has 0 aliphatic carbocycles. The molecule has 1 aliphatic rings. The summed E-state index contributed by atoms with van der Waals surface area (Å²) in [5.74, 6) is -0.224. The number of aromatic nitrogens is 2. The first-order chi connectivity index (χ1) is 16.3. The van der Waals surface area contributed by atoms with Gasteiger partial charge in [-0.2, -0.15) is 0 Å². The number of aryl methyl sites for hydroxylation is 2. The first-order valence-corrected chi connectivity index (χ1v) is 13.2. The van der Waals surface area contributed by atoms with E-state index in [1.807, 2.05) is 13.8 Å². The topological polar surface area (TPSA) is 90.3 Å². The van der Waals surface area contributed by atoms with Crippen molar-refractivity contribution < 1.29 is 14.3 Å². The standard InChI is InChI=1S/C25H29N3O4S2/c1-5-20-14(2)33-23-21(20)24(31)28(13-19-7-6-12-32-19)25(27-23)34-15(3)22(30)17-8-10-18(11-9-17)26-16(4)29/h8-11,15,19H,5-7,12-13H2,1-4H3,(H,26,29). The number of anilines is 1. The van der Waals surface area contributed by atoms with E-state index in [0.717, 1.165) is 34.5 Å². The fraction of sp³-hybridized carbons (Fsp3) is 0.440. The van der Waals surface area contributed by atoms with Crippen LogP contribution >= 0.6 is 23.1 Å². The molecule has 4 rings (SSSR count). The van der Waals surface area contributed by atoms with Crippen LogP contribution in [0.15, 0.2) is 34.2 Å². The van der Waals surface area contributed by atoms with Gasteiger partial charge in [-0.25, -0.2) is 4.98 Å². The van der Waals surface area contributed by atoms with E-state index in [1.165, 1.54) is 30.0 Å². The first kappa shape index (κ1) is 24.6. The number of ketones is 1. The Labute approximate surface area is 206 Å². The zero-order chi connectivity index (χ0) is 24.4. The molecule has 3 heterocycles. The number of rotatable bonds is 8. The Balaban J connectivity index is 1.66. The van der Waals surface area contributed by atoms with Crippen molar-refractivity contribution >= 4 is 50.7 Å². The second-order valence-electron chi connectivity index (χ2n) is 8.50. The van der Waals surface area contributed by atoms with Gasteiger partial charge in [-0.15, -0.1) is 11.3 Å². The van der Waals surface area contributed by atoms with E-state index >= 15 is 0 Å². The maximum atomic E-state index is 13.6. The van der Waals surface area contributed by atoms with Gasteiger partial charge in [0.1, 0.15) is 4.83 Å². The lowest BCUT2D eigenvalue weighted by Crippen LogP contribution is -2.29. The molecule has 1 aromatic carbocycles. The molecule has 9 heteroatoms. The third-order valence-corrected chi connectivity index (χ3v) is 8.11. The summed E-state index contributed by atoms with van der Waals surface area (Å²) in [6, 6.07) is 6.84. The third kappa shape index (κ3) is 5.11. The van der Waals surface area contributed by atoms with Crippen molar-refractivity contribution in [2.75, 3.05) is 11.9 Å². The minimum atomic E-state index is -0.446. The molecule has 3 aromatic rings. The van der Waals surface area contributed by atoms with Crippen LogP contribution in [0.25, 0.3) is 10.2 Å². The van der Waals surface area contributed by atoms with Crippen molar-refractivity contribution in [3.8, 4) is 0 Å². The van der Waals surface area contributed by atoms with Crippen LogP contribution in [0, 0.1) is 6.92 Å². The largest absolute Gasteiger partial charge is 0.376 e. The summed E-state index contributed by atoms with van der Waals surface area (Å²) < 4.78 is 7.52. The van der Waals surface area contributed by atoms with Gasteiger partial charge in [-0.1, -0.05) is 18.7 Å². The van der Waals surface area contributed by atoms with Gasteiger partial charge in [0.15, 0.2) is 10.9 Å². The van der Waals surface area contributed by atoms with Crippen molar-refractivity contribution in [3.63, 3.8) is 0 Å². The molecule has 1 amide bonds. The molecule has 2 unspecified atom stereocenters. The van der Waals surface area contributed by atoms with Gasteiger partial charge in [0, 0.05) is 29.7 Å². The van der Waals surface area contributed by atoms with E-state index < -0.39 is 5.25 Å². The van der Waals surface area contributed by atoms with Crippen LogP contribution in [0.3, 0.4) is 0 Å². The van der Waals surface area contributed by atoms with Crippen LogP contribution in [0.2, 0.25) is 0 Å². The van der Waals surface area contributed by atoms with Gasteiger partial charge in [0.25, 0.3) is 5.56 Å². The van der Waals surface area contributed by atoms with Gasteiger partial charge in [0.2, 0.25) is 5.91 Å². The lowest BCUT2D eigenvalue weighted by molar-refractivity contribution is -0.114. The van der Waals surface area contributed by atoms with Crippen molar-refractivity contribution in [3.05, 3.63) is 50.6 Å². The number of nitrogens with one attached hydrogen (secondary N) is 1. The Morgan fingerprint density at radius 3 is 2.68 bits per heavy atom. The van der Waals surface area contributed by atoms with E-state index in [9.17, 15) is 14.4 Å². The molecule has 2 aromatic heterocycles. The van der Waals surface area contributed by atoms with Crippen molar-refractivity contribution in [2.45, 2.75) is 70.0 Å². The lowest BCUT2D eigenvalue weighted by Gasteiger charge is -2.18. The van der Waals surface area contributed by atoms with Crippen LogP contribution in [0.4, 0.5) is 5.69 Å². The number of amides is 1.